The number of hydrogen-bond acceptors (Lipinski definition) is 2. The van der Waals surface area contributed by atoms with E-state index in [4.69, 9.17) is 0 Å². The summed E-state index contributed by atoms with van der Waals surface area (Å²) in [7, 11) is 3.49. The smallest absolute Gasteiger partial charge is 0.241 e. The average Bonchev–Trinajstić information content (AvgIpc) is 2.75. The molecule has 30 heavy (non-hydrogen) atoms. The molecule has 0 aromatic heterocycles. The van der Waals surface area contributed by atoms with E-state index in [0.29, 0.717) is 12.5 Å². The molecule has 0 saturated heterocycles. The topological polar surface area (TPSA) is 56.7 Å². The third kappa shape index (κ3) is 6.73. The molecular weight excluding hydrogens is 487 g/mol. The number of fused-ring (bicyclic) bond motifs is 1. The molecule has 3 rings (SSSR count). The zero-order valence-electron chi connectivity index (χ0n) is 17.6. The number of amides is 1. The standard InChI is InChI=1S/C24H28N4O.HI/c1-18(21-14-13-20-11-7-8-12-22(20)15-21)27-24(26-17-23(29)28(2)3)25-16-19-9-5-4-6-10-19;/h4-15,18H,16-17H2,1-3H3,(H2,25,26,27);1H. The first kappa shape index (κ1) is 23.7. The molecule has 3 aromatic rings. The molecule has 0 spiro atoms. The van der Waals surface area contributed by atoms with E-state index >= 15 is 0 Å². The maximum Gasteiger partial charge on any atom is 0.241 e. The van der Waals surface area contributed by atoms with Gasteiger partial charge in [0.15, 0.2) is 5.96 Å². The number of rotatable bonds is 6. The van der Waals surface area contributed by atoms with E-state index < -0.39 is 0 Å². The Morgan fingerprint density at radius 1 is 0.967 bits per heavy atom. The highest BCUT2D eigenvalue weighted by atomic mass is 127. The normalized spacial score (nSPS) is 12.0. The fourth-order valence-electron chi connectivity index (χ4n) is 2.99. The van der Waals surface area contributed by atoms with Crippen molar-refractivity contribution in [3.05, 3.63) is 83.9 Å². The number of nitrogens with zero attached hydrogens (tertiary/aromatic N) is 2. The molecule has 5 nitrogen and oxygen atoms in total. The fourth-order valence-corrected chi connectivity index (χ4v) is 2.99. The van der Waals surface area contributed by atoms with Crippen LogP contribution in [0.15, 0.2) is 77.8 Å². The third-order valence-electron chi connectivity index (χ3n) is 4.80. The predicted molar refractivity (Wildman–Crippen MR) is 135 cm³/mol. The Morgan fingerprint density at radius 3 is 2.33 bits per heavy atom. The van der Waals surface area contributed by atoms with Gasteiger partial charge in [-0.25, -0.2) is 4.99 Å². The van der Waals surface area contributed by atoms with Crippen LogP contribution in [0.25, 0.3) is 10.8 Å². The van der Waals surface area contributed by atoms with Crippen molar-refractivity contribution >= 4 is 46.6 Å². The van der Waals surface area contributed by atoms with E-state index in [1.165, 1.54) is 10.8 Å². The first-order valence-corrected chi connectivity index (χ1v) is 9.80. The Bertz CT molecular complexity index is 989. The number of aliphatic imine (C=N–C) groups is 1. The molecular formula is C24H29IN4O. The lowest BCUT2D eigenvalue weighted by Gasteiger charge is -2.20. The van der Waals surface area contributed by atoms with Gasteiger partial charge in [0.25, 0.3) is 0 Å². The summed E-state index contributed by atoms with van der Waals surface area (Å²) in [4.78, 5) is 18.2. The molecule has 158 valence electrons. The van der Waals surface area contributed by atoms with Crippen LogP contribution in [0, 0.1) is 0 Å². The number of hydrogen-bond donors (Lipinski definition) is 2. The molecule has 1 atom stereocenters. The molecule has 0 aliphatic rings. The van der Waals surface area contributed by atoms with E-state index in [9.17, 15) is 4.79 Å². The summed E-state index contributed by atoms with van der Waals surface area (Å²) in [5, 5.41) is 9.01. The van der Waals surface area contributed by atoms with Crippen molar-refractivity contribution in [2.75, 3.05) is 20.6 Å². The van der Waals surface area contributed by atoms with Crippen molar-refractivity contribution < 1.29 is 4.79 Å². The maximum absolute atomic E-state index is 12.0. The summed E-state index contributed by atoms with van der Waals surface area (Å²) in [5.41, 5.74) is 2.28. The van der Waals surface area contributed by atoms with E-state index in [2.05, 4.69) is 52.9 Å². The van der Waals surface area contributed by atoms with E-state index in [-0.39, 0.29) is 42.5 Å². The lowest BCUT2D eigenvalue weighted by molar-refractivity contribution is -0.127. The number of halogens is 1. The van der Waals surface area contributed by atoms with Crippen LogP contribution in [0.5, 0.6) is 0 Å². The molecule has 0 heterocycles. The van der Waals surface area contributed by atoms with Gasteiger partial charge < -0.3 is 15.5 Å². The summed E-state index contributed by atoms with van der Waals surface area (Å²) in [6.45, 7) is 2.83. The summed E-state index contributed by atoms with van der Waals surface area (Å²) in [5.74, 6) is 0.613. The zero-order valence-corrected chi connectivity index (χ0v) is 20.0. The second kappa shape index (κ2) is 11.5. The Balaban J connectivity index is 0.00000320. The van der Waals surface area contributed by atoms with Gasteiger partial charge in [-0.2, -0.15) is 0 Å². The third-order valence-corrected chi connectivity index (χ3v) is 4.80. The van der Waals surface area contributed by atoms with Gasteiger partial charge in [-0.1, -0.05) is 66.7 Å². The maximum atomic E-state index is 12.0. The average molecular weight is 516 g/mol. The largest absolute Gasteiger partial charge is 0.350 e. The molecule has 0 radical (unpaired) electrons. The first-order valence-electron chi connectivity index (χ1n) is 9.80. The highest BCUT2D eigenvalue weighted by Gasteiger charge is 2.11. The van der Waals surface area contributed by atoms with Gasteiger partial charge in [0.05, 0.1) is 19.1 Å². The van der Waals surface area contributed by atoms with Crippen molar-refractivity contribution in [2.24, 2.45) is 4.99 Å². The second-order valence-electron chi connectivity index (χ2n) is 7.26. The monoisotopic (exact) mass is 516 g/mol. The molecule has 0 aliphatic heterocycles. The number of carbonyl (C=O) groups is 1. The molecule has 0 saturated carbocycles. The summed E-state index contributed by atoms with van der Waals surface area (Å²) in [6.07, 6.45) is 0. The van der Waals surface area contributed by atoms with Crippen LogP contribution in [0.1, 0.15) is 24.1 Å². The van der Waals surface area contributed by atoms with Crippen LogP contribution >= 0.6 is 24.0 Å². The quantitative estimate of drug-likeness (QED) is 0.291. The van der Waals surface area contributed by atoms with Gasteiger partial charge in [-0.05, 0) is 34.9 Å². The van der Waals surface area contributed by atoms with Crippen molar-refractivity contribution in [1.29, 1.82) is 0 Å². The summed E-state index contributed by atoms with van der Waals surface area (Å²) in [6, 6.07) is 24.9. The number of guanidine groups is 1. The number of benzene rings is 3. The van der Waals surface area contributed by atoms with Crippen LogP contribution in [0.2, 0.25) is 0 Å². The number of likely N-dealkylation sites (N-methyl/N-ethyl adjacent to an activating group) is 1. The predicted octanol–water partition coefficient (Wildman–Crippen LogP) is 4.34. The molecule has 2 N–H and O–H groups in total. The van der Waals surface area contributed by atoms with Crippen molar-refractivity contribution in [3.63, 3.8) is 0 Å². The Labute approximate surface area is 195 Å². The Hall–Kier alpha value is -2.61. The van der Waals surface area contributed by atoms with Crippen LogP contribution in [-0.4, -0.2) is 37.4 Å². The molecule has 1 unspecified atom stereocenters. The lowest BCUT2D eigenvalue weighted by atomic mass is 10.0. The number of nitrogens with one attached hydrogen (secondary N) is 2. The van der Waals surface area contributed by atoms with Crippen molar-refractivity contribution in [3.8, 4) is 0 Å². The SMILES string of the molecule is CC(NC(=NCc1ccccc1)NCC(=O)N(C)C)c1ccc2ccccc2c1.I. The van der Waals surface area contributed by atoms with E-state index in [1.54, 1.807) is 19.0 Å². The molecule has 1 amide bonds. The first-order chi connectivity index (χ1) is 14.0. The van der Waals surface area contributed by atoms with Crippen molar-refractivity contribution in [1.82, 2.24) is 15.5 Å². The van der Waals surface area contributed by atoms with Gasteiger partial charge in [0.1, 0.15) is 0 Å². The van der Waals surface area contributed by atoms with Gasteiger partial charge in [-0.15, -0.1) is 24.0 Å². The minimum Gasteiger partial charge on any atom is -0.350 e. The van der Waals surface area contributed by atoms with Crippen LogP contribution < -0.4 is 10.6 Å². The summed E-state index contributed by atoms with van der Waals surface area (Å²) >= 11 is 0. The molecule has 6 heteroatoms. The van der Waals surface area contributed by atoms with Crippen LogP contribution in [0.4, 0.5) is 0 Å². The van der Waals surface area contributed by atoms with E-state index in [0.717, 1.165) is 11.1 Å². The van der Waals surface area contributed by atoms with Gasteiger partial charge >= 0.3 is 0 Å². The zero-order chi connectivity index (χ0) is 20.6. The Kier molecular flexibility index (Phi) is 9.11. The van der Waals surface area contributed by atoms with Crippen LogP contribution in [0.3, 0.4) is 0 Å². The highest BCUT2D eigenvalue weighted by Crippen LogP contribution is 2.20. The number of carbonyl (C=O) groups excluding carboxylic acids is 1. The fraction of sp³-hybridized carbons (Fsp3) is 0.250. The molecule has 3 aromatic carbocycles. The van der Waals surface area contributed by atoms with Gasteiger partial charge in [0, 0.05) is 14.1 Å². The molecule has 0 fully saturated rings. The second-order valence-corrected chi connectivity index (χ2v) is 7.26. The van der Waals surface area contributed by atoms with Crippen LogP contribution in [-0.2, 0) is 11.3 Å². The molecule has 0 bridgehead atoms. The minimum atomic E-state index is -0.00225. The van der Waals surface area contributed by atoms with E-state index in [1.807, 2.05) is 42.5 Å². The summed E-state index contributed by atoms with van der Waals surface area (Å²) < 4.78 is 0. The Morgan fingerprint density at radius 2 is 1.63 bits per heavy atom. The molecule has 0 aliphatic carbocycles. The minimum absolute atomic E-state index is 0. The van der Waals surface area contributed by atoms with Crippen molar-refractivity contribution in [2.45, 2.75) is 19.5 Å². The van der Waals surface area contributed by atoms with Gasteiger partial charge in [0.2, 0.25) is 5.91 Å². The van der Waals surface area contributed by atoms with Gasteiger partial charge in [-0.3, -0.25) is 4.79 Å². The highest BCUT2D eigenvalue weighted by molar-refractivity contribution is 14.0. The lowest BCUT2D eigenvalue weighted by Crippen LogP contribution is -2.43.